The molecule has 236 valence electrons. The highest BCUT2D eigenvalue weighted by atomic mass is 32.2. The molecule has 44 heavy (non-hydrogen) atoms. The number of halogens is 7. The van der Waals surface area contributed by atoms with E-state index in [2.05, 4.69) is 5.32 Å². The highest BCUT2D eigenvalue weighted by Gasteiger charge is 2.71. The SMILES string of the molecule is CCS(=O)(=O)c1ccc2c(c1)CCN(C(C)=O)C2C(=O)Nc1ccc(-c2ccc(C(O)(C(F)(F)F)C(F)(F)F)cc2F)cc1. The van der Waals surface area contributed by atoms with Gasteiger partial charge in [0, 0.05) is 30.3 Å². The predicted octanol–water partition coefficient (Wildman–Crippen LogP) is 5.68. The summed E-state index contributed by atoms with van der Waals surface area (Å²) in [6.45, 7) is 2.92. The van der Waals surface area contributed by atoms with Crippen molar-refractivity contribution < 1.29 is 53.8 Å². The number of hydrogen-bond acceptors (Lipinski definition) is 5. The monoisotopic (exact) mass is 646 g/mol. The van der Waals surface area contributed by atoms with Gasteiger partial charge < -0.3 is 15.3 Å². The summed E-state index contributed by atoms with van der Waals surface area (Å²) in [7, 11) is -3.52. The fraction of sp³-hybridized carbons (Fsp3) is 0.310. The summed E-state index contributed by atoms with van der Waals surface area (Å²) < 4.78 is 119. The van der Waals surface area contributed by atoms with Crippen LogP contribution < -0.4 is 5.32 Å². The summed E-state index contributed by atoms with van der Waals surface area (Å²) in [4.78, 5) is 27.2. The molecule has 3 aromatic carbocycles. The Labute approximate surface area is 247 Å². The second-order valence-electron chi connectivity index (χ2n) is 10.1. The molecular formula is C29H25F7N2O5S. The maximum Gasteiger partial charge on any atom is 0.430 e. The number of aliphatic hydroxyl groups is 1. The van der Waals surface area contributed by atoms with Gasteiger partial charge in [0.05, 0.1) is 10.6 Å². The van der Waals surface area contributed by atoms with Gasteiger partial charge in [-0.2, -0.15) is 26.3 Å². The van der Waals surface area contributed by atoms with Gasteiger partial charge in [0.2, 0.25) is 5.91 Å². The van der Waals surface area contributed by atoms with E-state index in [4.69, 9.17) is 0 Å². The minimum Gasteiger partial charge on any atom is -0.369 e. The minimum atomic E-state index is -6.18. The van der Waals surface area contributed by atoms with Gasteiger partial charge in [-0.05, 0) is 53.4 Å². The summed E-state index contributed by atoms with van der Waals surface area (Å²) in [6, 6.07) is 9.28. The molecule has 0 bridgehead atoms. The number of nitrogens with one attached hydrogen (secondary N) is 1. The van der Waals surface area contributed by atoms with Crippen LogP contribution in [0.4, 0.5) is 36.4 Å². The van der Waals surface area contributed by atoms with Crippen molar-refractivity contribution in [1.29, 1.82) is 0 Å². The third-order valence-corrected chi connectivity index (χ3v) is 9.14. The van der Waals surface area contributed by atoms with Crippen LogP contribution in [0, 0.1) is 5.82 Å². The summed E-state index contributed by atoms with van der Waals surface area (Å²) in [5, 5.41) is 12.2. The highest BCUT2D eigenvalue weighted by molar-refractivity contribution is 7.91. The number of rotatable bonds is 6. The third kappa shape index (κ3) is 5.89. The van der Waals surface area contributed by atoms with Crippen molar-refractivity contribution in [3.8, 4) is 11.1 Å². The van der Waals surface area contributed by atoms with E-state index in [1.54, 1.807) is 0 Å². The molecule has 2 N–H and O–H groups in total. The molecular weight excluding hydrogens is 621 g/mol. The van der Waals surface area contributed by atoms with E-state index in [0.717, 1.165) is 0 Å². The first-order valence-electron chi connectivity index (χ1n) is 13.0. The average molecular weight is 647 g/mol. The van der Waals surface area contributed by atoms with Crippen LogP contribution in [0.25, 0.3) is 11.1 Å². The van der Waals surface area contributed by atoms with Gasteiger partial charge in [-0.25, -0.2) is 12.8 Å². The number of hydrogen-bond donors (Lipinski definition) is 2. The predicted molar refractivity (Wildman–Crippen MR) is 144 cm³/mol. The van der Waals surface area contributed by atoms with Gasteiger partial charge in [-0.3, -0.25) is 9.59 Å². The van der Waals surface area contributed by atoms with Crippen molar-refractivity contribution in [3.63, 3.8) is 0 Å². The Balaban J connectivity index is 1.61. The fourth-order valence-electron chi connectivity index (χ4n) is 4.99. The molecule has 0 spiro atoms. The smallest absolute Gasteiger partial charge is 0.369 e. The first-order valence-corrected chi connectivity index (χ1v) is 14.7. The molecule has 0 radical (unpaired) electrons. The van der Waals surface area contributed by atoms with Crippen LogP contribution in [0.1, 0.15) is 36.6 Å². The van der Waals surface area contributed by atoms with Crippen molar-refractivity contribution in [2.24, 2.45) is 0 Å². The van der Waals surface area contributed by atoms with Gasteiger partial charge in [0.25, 0.3) is 11.5 Å². The Kier molecular flexibility index (Phi) is 8.61. The minimum absolute atomic E-state index is 0.0349. The molecule has 1 unspecified atom stereocenters. The topological polar surface area (TPSA) is 104 Å². The number of nitrogens with zero attached hydrogens (tertiary/aromatic N) is 1. The van der Waals surface area contributed by atoms with Crippen molar-refractivity contribution in [3.05, 3.63) is 83.2 Å². The van der Waals surface area contributed by atoms with Crippen LogP contribution in [0.5, 0.6) is 0 Å². The maximum absolute atomic E-state index is 14.8. The van der Waals surface area contributed by atoms with Crippen LogP contribution >= 0.6 is 0 Å². The molecule has 15 heteroatoms. The lowest BCUT2D eigenvalue weighted by molar-refractivity contribution is -0.376. The van der Waals surface area contributed by atoms with Crippen molar-refractivity contribution in [2.45, 2.75) is 49.2 Å². The van der Waals surface area contributed by atoms with Crippen molar-refractivity contribution in [1.82, 2.24) is 4.90 Å². The van der Waals surface area contributed by atoms with E-state index in [9.17, 15) is 53.8 Å². The molecule has 3 aromatic rings. The van der Waals surface area contributed by atoms with Crippen molar-refractivity contribution >= 4 is 27.3 Å². The summed E-state index contributed by atoms with van der Waals surface area (Å²) in [5.41, 5.74) is -6.20. The molecule has 2 amide bonds. The molecule has 1 atom stereocenters. The van der Waals surface area contributed by atoms with Gasteiger partial charge in [-0.15, -0.1) is 0 Å². The average Bonchev–Trinajstić information content (AvgIpc) is 2.94. The van der Waals surface area contributed by atoms with Crippen LogP contribution in [0.15, 0.2) is 65.6 Å². The Morgan fingerprint density at radius 1 is 0.955 bits per heavy atom. The number of carbonyl (C=O) groups is 2. The number of fused-ring (bicyclic) bond motifs is 1. The number of alkyl halides is 6. The normalized spacial score (nSPS) is 16.0. The van der Waals surface area contributed by atoms with E-state index < -0.39 is 57.0 Å². The van der Waals surface area contributed by atoms with Gasteiger partial charge in [0.1, 0.15) is 11.9 Å². The number of amides is 2. The molecule has 7 nitrogen and oxygen atoms in total. The summed E-state index contributed by atoms with van der Waals surface area (Å²) >= 11 is 0. The Bertz CT molecular complexity index is 1690. The zero-order valence-corrected chi connectivity index (χ0v) is 23.9. The maximum atomic E-state index is 14.8. The van der Waals surface area contributed by atoms with Gasteiger partial charge in [0.15, 0.2) is 9.84 Å². The first-order chi connectivity index (χ1) is 20.3. The molecule has 1 aliphatic heterocycles. The van der Waals surface area contributed by atoms with Crippen LogP contribution in [-0.4, -0.2) is 54.9 Å². The molecule has 0 aromatic heterocycles. The third-order valence-electron chi connectivity index (χ3n) is 7.41. The molecule has 4 rings (SSSR count). The van der Waals surface area contributed by atoms with E-state index >= 15 is 0 Å². The molecule has 0 saturated heterocycles. The van der Waals surface area contributed by atoms with E-state index in [1.165, 1.54) is 61.2 Å². The van der Waals surface area contributed by atoms with Gasteiger partial charge in [-0.1, -0.05) is 37.3 Å². The molecule has 1 heterocycles. The van der Waals surface area contributed by atoms with Gasteiger partial charge >= 0.3 is 12.4 Å². The zero-order chi connectivity index (χ0) is 32.8. The van der Waals surface area contributed by atoms with Crippen LogP contribution in [0.2, 0.25) is 0 Å². The van der Waals surface area contributed by atoms with Crippen LogP contribution in [-0.2, 0) is 31.4 Å². The molecule has 1 aliphatic rings. The van der Waals surface area contributed by atoms with E-state index in [0.29, 0.717) is 29.7 Å². The molecule has 0 fully saturated rings. The number of carbonyl (C=O) groups excluding carboxylic acids is 2. The van der Waals surface area contributed by atoms with E-state index in [-0.39, 0.29) is 40.1 Å². The number of sulfone groups is 1. The van der Waals surface area contributed by atoms with Crippen LogP contribution in [0.3, 0.4) is 0 Å². The highest BCUT2D eigenvalue weighted by Crippen LogP contribution is 2.50. The Morgan fingerprint density at radius 2 is 1.57 bits per heavy atom. The Hall–Kier alpha value is -3.98. The number of anilines is 1. The second-order valence-corrected chi connectivity index (χ2v) is 12.4. The van der Waals surface area contributed by atoms with Crippen molar-refractivity contribution in [2.75, 3.05) is 17.6 Å². The zero-order valence-electron chi connectivity index (χ0n) is 23.1. The van der Waals surface area contributed by atoms with E-state index in [1.807, 2.05) is 0 Å². The Morgan fingerprint density at radius 3 is 2.09 bits per heavy atom. The second kappa shape index (κ2) is 11.5. The fourth-order valence-corrected chi connectivity index (χ4v) is 5.92. The lowest BCUT2D eigenvalue weighted by Crippen LogP contribution is -2.53. The number of benzene rings is 3. The largest absolute Gasteiger partial charge is 0.430 e. The lowest BCUT2D eigenvalue weighted by atomic mass is 9.90. The standard InChI is InChI=1S/C29H25F7N2O5S/c1-3-44(42,43)21-9-11-23-18(14-21)12-13-38(16(2)39)25(23)26(40)37-20-7-4-17(5-8-20)22-10-6-19(15-24(22)30)27(41,28(31,32)33)29(34,35)36/h4-11,14-15,25,41H,3,12-13H2,1-2H3,(H,37,40). The molecule has 0 saturated carbocycles. The molecule has 0 aliphatic carbocycles. The quantitative estimate of drug-likeness (QED) is 0.336. The summed E-state index contributed by atoms with van der Waals surface area (Å²) in [6.07, 6.45) is -12.0. The summed E-state index contributed by atoms with van der Waals surface area (Å²) in [5.74, 6) is -2.64. The first kappa shape index (κ1) is 32.9. The lowest BCUT2D eigenvalue weighted by Gasteiger charge is -2.36.